The van der Waals surface area contributed by atoms with E-state index in [-0.39, 0.29) is 0 Å². The van der Waals surface area contributed by atoms with Crippen molar-refractivity contribution in [3.63, 3.8) is 0 Å². The van der Waals surface area contributed by atoms with Crippen molar-refractivity contribution in [3.05, 3.63) is 30.5 Å². The average Bonchev–Trinajstić information content (AvgIpc) is 2.94. The van der Waals surface area contributed by atoms with E-state index in [1.54, 1.807) is 0 Å². The van der Waals surface area contributed by atoms with E-state index >= 15 is 0 Å². The fourth-order valence-electron chi connectivity index (χ4n) is 2.96. The third kappa shape index (κ3) is 4.37. The van der Waals surface area contributed by atoms with Gasteiger partial charge in [0.15, 0.2) is 0 Å². The summed E-state index contributed by atoms with van der Waals surface area (Å²) >= 11 is 0. The van der Waals surface area contributed by atoms with Gasteiger partial charge in [0.05, 0.1) is 5.52 Å². The van der Waals surface area contributed by atoms with Crippen LogP contribution in [0.3, 0.4) is 0 Å². The van der Waals surface area contributed by atoms with Crippen LogP contribution in [0.4, 0.5) is 5.69 Å². The van der Waals surface area contributed by atoms with Crippen molar-refractivity contribution in [1.29, 1.82) is 0 Å². The van der Waals surface area contributed by atoms with Gasteiger partial charge in [0.1, 0.15) is 6.73 Å². The predicted octanol–water partition coefficient (Wildman–Crippen LogP) is 3.36. The van der Waals surface area contributed by atoms with Gasteiger partial charge in [-0.2, -0.15) is 0 Å². The van der Waals surface area contributed by atoms with Gasteiger partial charge in [-0.3, -0.25) is 0 Å². The van der Waals surface area contributed by atoms with Gasteiger partial charge in [0.25, 0.3) is 0 Å². The maximum absolute atomic E-state index is 5.89. The number of hydrogen-bond donors (Lipinski definition) is 1. The lowest BCUT2D eigenvalue weighted by Gasteiger charge is -2.29. The largest absolute Gasteiger partial charge is 0.369 e. The molecule has 1 saturated heterocycles. The molecule has 0 saturated carbocycles. The van der Waals surface area contributed by atoms with E-state index in [9.17, 15) is 0 Å². The molecule has 2 heterocycles. The summed E-state index contributed by atoms with van der Waals surface area (Å²) in [4.78, 5) is 2.46. The van der Waals surface area contributed by atoms with Crippen molar-refractivity contribution in [3.8, 4) is 0 Å². The number of nitrogens with one attached hydrogen (secondary N) is 1. The molecule has 0 radical (unpaired) electrons. The first-order valence-corrected chi connectivity index (χ1v) is 12.4. The standard InChI is InChI=1S/C18H29N3OSi/c1-23(2,3)13-12-22-15-21-9-6-16-14-17(4-5-18(16)21)20-10-7-19-8-11-20/h4-6,9,14,19H,7-8,10-13,15H2,1-3H3. The molecule has 2 aromatic rings. The van der Waals surface area contributed by atoms with Crippen molar-refractivity contribution >= 4 is 24.7 Å². The molecule has 1 fully saturated rings. The molecule has 0 aliphatic carbocycles. The van der Waals surface area contributed by atoms with E-state index in [0.29, 0.717) is 6.73 Å². The monoisotopic (exact) mass is 331 g/mol. The van der Waals surface area contributed by atoms with E-state index < -0.39 is 8.07 Å². The summed E-state index contributed by atoms with van der Waals surface area (Å²) in [6.07, 6.45) is 2.14. The number of anilines is 1. The zero-order valence-corrected chi connectivity index (χ0v) is 15.6. The Kier molecular flexibility index (Phi) is 5.09. The minimum absolute atomic E-state index is 0.654. The Balaban J connectivity index is 1.64. The van der Waals surface area contributed by atoms with Crippen molar-refractivity contribution in [2.75, 3.05) is 37.7 Å². The van der Waals surface area contributed by atoms with Crippen LogP contribution >= 0.6 is 0 Å². The molecular weight excluding hydrogens is 302 g/mol. The van der Waals surface area contributed by atoms with Crippen LogP contribution < -0.4 is 10.2 Å². The smallest absolute Gasteiger partial charge is 0.122 e. The van der Waals surface area contributed by atoms with Gasteiger partial charge in [0.2, 0.25) is 0 Å². The summed E-state index contributed by atoms with van der Waals surface area (Å²) in [6, 6.07) is 10.2. The maximum Gasteiger partial charge on any atom is 0.122 e. The second kappa shape index (κ2) is 7.07. The number of rotatable bonds is 6. The highest BCUT2D eigenvalue weighted by atomic mass is 28.3. The molecule has 5 heteroatoms. The molecule has 3 rings (SSSR count). The summed E-state index contributed by atoms with van der Waals surface area (Å²) in [5, 5.41) is 4.71. The lowest BCUT2D eigenvalue weighted by atomic mass is 10.2. The average molecular weight is 332 g/mol. The Morgan fingerprint density at radius 2 is 1.91 bits per heavy atom. The van der Waals surface area contributed by atoms with Crippen LogP contribution in [0.15, 0.2) is 30.5 Å². The van der Waals surface area contributed by atoms with Gasteiger partial charge in [0, 0.05) is 58.1 Å². The van der Waals surface area contributed by atoms with Crippen molar-refractivity contribution in [1.82, 2.24) is 9.88 Å². The highest BCUT2D eigenvalue weighted by Gasteiger charge is 2.13. The van der Waals surface area contributed by atoms with E-state index in [0.717, 1.165) is 32.8 Å². The van der Waals surface area contributed by atoms with Crippen LogP contribution in [0.2, 0.25) is 25.7 Å². The normalized spacial score (nSPS) is 16.2. The molecule has 1 aromatic carbocycles. The van der Waals surface area contributed by atoms with Crippen molar-refractivity contribution in [2.24, 2.45) is 0 Å². The molecule has 0 unspecified atom stereocenters. The van der Waals surface area contributed by atoms with Gasteiger partial charge in [-0.05, 0) is 30.3 Å². The molecule has 0 spiro atoms. The number of hydrogen-bond acceptors (Lipinski definition) is 3. The van der Waals surface area contributed by atoms with Gasteiger partial charge >= 0.3 is 0 Å². The van der Waals surface area contributed by atoms with Crippen LogP contribution in [0.5, 0.6) is 0 Å². The molecule has 4 nitrogen and oxygen atoms in total. The van der Waals surface area contributed by atoms with Crippen LogP contribution in [-0.4, -0.2) is 45.4 Å². The predicted molar refractivity (Wildman–Crippen MR) is 101 cm³/mol. The van der Waals surface area contributed by atoms with Crippen molar-refractivity contribution < 1.29 is 4.74 Å². The number of aromatic nitrogens is 1. The number of ether oxygens (including phenoxy) is 1. The second-order valence-electron chi connectivity index (χ2n) is 7.61. The Morgan fingerprint density at radius 3 is 2.65 bits per heavy atom. The summed E-state index contributed by atoms with van der Waals surface area (Å²) < 4.78 is 8.10. The van der Waals surface area contributed by atoms with Crippen LogP contribution in [-0.2, 0) is 11.5 Å². The molecule has 0 bridgehead atoms. The molecular formula is C18H29N3OSi. The van der Waals surface area contributed by atoms with E-state index in [2.05, 4.69) is 64.9 Å². The van der Waals surface area contributed by atoms with Crippen LogP contribution in [0.25, 0.3) is 10.9 Å². The Labute approximate surface area is 140 Å². The quantitative estimate of drug-likeness (QED) is 0.650. The lowest BCUT2D eigenvalue weighted by molar-refractivity contribution is 0.0902. The minimum Gasteiger partial charge on any atom is -0.369 e. The van der Waals surface area contributed by atoms with Gasteiger partial charge < -0.3 is 19.5 Å². The molecule has 1 N–H and O–H groups in total. The molecule has 1 aromatic heterocycles. The molecule has 23 heavy (non-hydrogen) atoms. The summed E-state index contributed by atoms with van der Waals surface area (Å²) in [7, 11) is -1.00. The maximum atomic E-state index is 5.89. The highest BCUT2D eigenvalue weighted by Crippen LogP contribution is 2.23. The van der Waals surface area contributed by atoms with Gasteiger partial charge in [-0.15, -0.1) is 0 Å². The first-order chi connectivity index (χ1) is 11.0. The third-order valence-electron chi connectivity index (χ3n) is 4.46. The third-order valence-corrected chi connectivity index (χ3v) is 6.17. The molecule has 126 valence electrons. The number of nitrogens with zero attached hydrogens (tertiary/aromatic N) is 2. The molecule has 1 aliphatic heterocycles. The van der Waals surface area contributed by atoms with Crippen molar-refractivity contribution in [2.45, 2.75) is 32.4 Å². The minimum atomic E-state index is -1.00. The number of fused-ring (bicyclic) bond motifs is 1. The van der Waals surface area contributed by atoms with Gasteiger partial charge in [-0.25, -0.2) is 0 Å². The molecule has 0 amide bonds. The van der Waals surface area contributed by atoms with E-state index in [4.69, 9.17) is 4.74 Å². The molecule has 1 aliphatic rings. The summed E-state index contributed by atoms with van der Waals surface area (Å²) in [6.45, 7) is 13.0. The van der Waals surface area contributed by atoms with Gasteiger partial charge in [-0.1, -0.05) is 19.6 Å². The Hall–Kier alpha value is -1.30. The SMILES string of the molecule is C[Si](C)(C)CCOCn1ccc2cc(N3CCNCC3)ccc21. The summed E-state index contributed by atoms with van der Waals surface area (Å²) in [5.74, 6) is 0. The van der Waals surface area contributed by atoms with E-state index in [1.165, 1.54) is 22.6 Å². The first kappa shape index (κ1) is 16.6. The topological polar surface area (TPSA) is 29.4 Å². The fraction of sp³-hybridized carbons (Fsp3) is 0.556. The van der Waals surface area contributed by atoms with Crippen LogP contribution in [0.1, 0.15) is 0 Å². The molecule has 0 atom stereocenters. The van der Waals surface area contributed by atoms with Crippen LogP contribution in [0, 0.1) is 0 Å². The number of piperazine rings is 1. The fourth-order valence-corrected chi connectivity index (χ4v) is 3.72. The Bertz CT molecular complexity index is 641. The summed E-state index contributed by atoms with van der Waals surface area (Å²) in [5.41, 5.74) is 2.59. The second-order valence-corrected chi connectivity index (χ2v) is 13.2. The first-order valence-electron chi connectivity index (χ1n) is 8.65. The zero-order valence-electron chi connectivity index (χ0n) is 14.6. The lowest BCUT2D eigenvalue weighted by Crippen LogP contribution is -2.43. The zero-order chi connectivity index (χ0) is 16.3. The Morgan fingerprint density at radius 1 is 1.13 bits per heavy atom. The number of benzene rings is 1. The highest BCUT2D eigenvalue weighted by molar-refractivity contribution is 6.76. The van der Waals surface area contributed by atoms with E-state index in [1.807, 2.05) is 0 Å².